The van der Waals surface area contributed by atoms with Crippen molar-refractivity contribution < 1.29 is 27.4 Å². The first-order valence-corrected chi connectivity index (χ1v) is 11.5. The molecule has 31 heavy (non-hydrogen) atoms. The lowest BCUT2D eigenvalue weighted by Crippen LogP contribution is -2.43. The molecule has 9 heteroatoms. The lowest BCUT2D eigenvalue weighted by molar-refractivity contribution is -0.129. The molecule has 0 saturated heterocycles. The van der Waals surface area contributed by atoms with Crippen LogP contribution in [0.5, 0.6) is 17.2 Å². The van der Waals surface area contributed by atoms with E-state index in [1.54, 1.807) is 29.2 Å². The van der Waals surface area contributed by atoms with Crippen molar-refractivity contribution in [3.63, 3.8) is 0 Å². The smallest absolute Gasteiger partial charge is 0.264 e. The SMILES string of the molecule is CCOc1ccc(N(CC(=O)N(CC)CC)S(=O)(=O)c2ccc(OC)c(OC)c2)cc1. The number of methoxy groups -OCH3 is 2. The lowest BCUT2D eigenvalue weighted by atomic mass is 10.3. The number of sulfonamides is 1. The van der Waals surface area contributed by atoms with Crippen molar-refractivity contribution in [1.82, 2.24) is 4.90 Å². The Hall–Kier alpha value is -2.94. The number of hydrogen-bond donors (Lipinski definition) is 0. The summed E-state index contributed by atoms with van der Waals surface area (Å²) in [6.07, 6.45) is 0. The normalized spacial score (nSPS) is 11.0. The number of rotatable bonds is 11. The summed E-state index contributed by atoms with van der Waals surface area (Å²) < 4.78 is 44.2. The van der Waals surface area contributed by atoms with Gasteiger partial charge in [-0.05, 0) is 57.2 Å². The average Bonchev–Trinajstić information content (AvgIpc) is 2.78. The van der Waals surface area contributed by atoms with Gasteiger partial charge < -0.3 is 19.1 Å². The van der Waals surface area contributed by atoms with E-state index in [0.717, 1.165) is 4.31 Å². The molecular formula is C22H30N2O6S. The highest BCUT2D eigenvalue weighted by Crippen LogP contribution is 2.32. The van der Waals surface area contributed by atoms with E-state index < -0.39 is 10.0 Å². The third kappa shape index (κ3) is 5.61. The van der Waals surface area contributed by atoms with E-state index in [2.05, 4.69) is 0 Å². The van der Waals surface area contributed by atoms with Crippen molar-refractivity contribution in [2.75, 3.05) is 44.8 Å². The molecule has 0 bridgehead atoms. The molecule has 170 valence electrons. The van der Waals surface area contributed by atoms with Gasteiger partial charge in [0, 0.05) is 19.2 Å². The minimum atomic E-state index is -4.07. The number of ether oxygens (including phenoxy) is 3. The van der Waals surface area contributed by atoms with Crippen LogP contribution in [-0.2, 0) is 14.8 Å². The van der Waals surface area contributed by atoms with Crippen LogP contribution in [0.15, 0.2) is 47.4 Å². The summed E-state index contributed by atoms with van der Waals surface area (Å²) >= 11 is 0. The summed E-state index contributed by atoms with van der Waals surface area (Å²) in [7, 11) is -1.17. The fourth-order valence-corrected chi connectivity index (χ4v) is 4.52. The summed E-state index contributed by atoms with van der Waals surface area (Å²) in [5.41, 5.74) is 0.360. The molecule has 2 aromatic rings. The van der Waals surface area contributed by atoms with Crippen LogP contribution < -0.4 is 18.5 Å². The molecule has 0 aliphatic rings. The minimum absolute atomic E-state index is 0.00798. The first-order chi connectivity index (χ1) is 14.8. The van der Waals surface area contributed by atoms with Crippen molar-refractivity contribution in [2.24, 2.45) is 0 Å². The van der Waals surface area contributed by atoms with Crippen LogP contribution >= 0.6 is 0 Å². The van der Waals surface area contributed by atoms with E-state index >= 15 is 0 Å². The largest absolute Gasteiger partial charge is 0.494 e. The van der Waals surface area contributed by atoms with Gasteiger partial charge in [-0.1, -0.05) is 0 Å². The van der Waals surface area contributed by atoms with E-state index in [0.29, 0.717) is 36.9 Å². The minimum Gasteiger partial charge on any atom is -0.494 e. The molecule has 0 fully saturated rings. The van der Waals surface area contributed by atoms with E-state index in [4.69, 9.17) is 14.2 Å². The van der Waals surface area contributed by atoms with Crippen molar-refractivity contribution in [3.05, 3.63) is 42.5 Å². The van der Waals surface area contributed by atoms with E-state index in [1.807, 2.05) is 20.8 Å². The first kappa shape index (κ1) is 24.3. The average molecular weight is 451 g/mol. The number of hydrogen-bond acceptors (Lipinski definition) is 6. The van der Waals surface area contributed by atoms with Crippen LogP contribution in [0.3, 0.4) is 0 Å². The highest BCUT2D eigenvalue weighted by Gasteiger charge is 2.29. The van der Waals surface area contributed by atoms with E-state index in [1.165, 1.54) is 32.4 Å². The third-order valence-corrected chi connectivity index (χ3v) is 6.54. The van der Waals surface area contributed by atoms with Crippen molar-refractivity contribution >= 4 is 21.6 Å². The molecule has 0 spiro atoms. The molecule has 2 aromatic carbocycles. The molecule has 8 nitrogen and oxygen atoms in total. The Balaban J connectivity index is 2.53. The molecule has 0 radical (unpaired) electrons. The molecule has 0 heterocycles. The van der Waals surface area contributed by atoms with E-state index in [-0.39, 0.29) is 23.1 Å². The summed E-state index contributed by atoms with van der Waals surface area (Å²) in [6, 6.07) is 10.9. The van der Waals surface area contributed by atoms with Crippen LogP contribution in [0.4, 0.5) is 5.69 Å². The van der Waals surface area contributed by atoms with Crippen molar-refractivity contribution in [3.8, 4) is 17.2 Å². The highest BCUT2D eigenvalue weighted by molar-refractivity contribution is 7.92. The predicted octanol–water partition coefficient (Wildman–Crippen LogP) is 3.17. The van der Waals surface area contributed by atoms with Gasteiger partial charge in [-0.25, -0.2) is 8.42 Å². The monoisotopic (exact) mass is 450 g/mol. The number of likely N-dealkylation sites (N-methyl/N-ethyl adjacent to an activating group) is 1. The standard InChI is InChI=1S/C22H30N2O6S/c1-6-23(7-2)22(25)16-24(17-9-11-18(12-10-17)30-8-3)31(26,27)19-13-14-20(28-4)21(15-19)29-5/h9-15H,6-8,16H2,1-5H3. The second-order valence-corrected chi connectivity index (χ2v) is 8.38. The molecular weight excluding hydrogens is 420 g/mol. The van der Waals surface area contributed by atoms with E-state index in [9.17, 15) is 13.2 Å². The topological polar surface area (TPSA) is 85.4 Å². The van der Waals surface area contributed by atoms with Gasteiger partial charge >= 0.3 is 0 Å². The molecule has 0 unspecified atom stereocenters. The molecule has 0 atom stereocenters. The van der Waals surface area contributed by atoms with Gasteiger partial charge in [0.2, 0.25) is 5.91 Å². The van der Waals surface area contributed by atoms with Gasteiger partial charge in [0.1, 0.15) is 12.3 Å². The van der Waals surface area contributed by atoms with Gasteiger partial charge in [0.25, 0.3) is 10.0 Å². The fraction of sp³-hybridized carbons (Fsp3) is 0.409. The molecule has 0 N–H and O–H groups in total. The molecule has 2 rings (SSSR count). The Labute approximate surface area is 184 Å². The zero-order valence-corrected chi connectivity index (χ0v) is 19.4. The quantitative estimate of drug-likeness (QED) is 0.523. The van der Waals surface area contributed by atoms with Crippen molar-refractivity contribution in [1.29, 1.82) is 0 Å². The van der Waals surface area contributed by atoms with Gasteiger partial charge in [-0.2, -0.15) is 0 Å². The Kier molecular flexibility index (Phi) is 8.56. The van der Waals surface area contributed by atoms with Crippen LogP contribution in [0.1, 0.15) is 20.8 Å². The maximum Gasteiger partial charge on any atom is 0.264 e. The Morgan fingerprint density at radius 3 is 2.03 bits per heavy atom. The zero-order chi connectivity index (χ0) is 23.0. The molecule has 1 amide bonds. The molecule has 0 aliphatic heterocycles. The first-order valence-electron chi connectivity index (χ1n) is 10.1. The number of nitrogens with zero attached hydrogens (tertiary/aromatic N) is 2. The second kappa shape index (κ2) is 10.9. The lowest BCUT2D eigenvalue weighted by Gasteiger charge is -2.27. The maximum absolute atomic E-state index is 13.6. The molecule has 0 aromatic heterocycles. The van der Waals surface area contributed by atoms with Gasteiger partial charge in [0.05, 0.1) is 31.4 Å². The summed E-state index contributed by atoms with van der Waals surface area (Å²) in [5, 5.41) is 0. The number of benzene rings is 2. The Morgan fingerprint density at radius 2 is 1.52 bits per heavy atom. The maximum atomic E-state index is 13.6. The van der Waals surface area contributed by atoms with Gasteiger partial charge in [-0.3, -0.25) is 9.10 Å². The Bertz CT molecular complexity index is 972. The molecule has 0 aliphatic carbocycles. The van der Waals surface area contributed by atoms with Crippen LogP contribution in [0.25, 0.3) is 0 Å². The summed E-state index contributed by atoms with van der Waals surface area (Å²) in [5.74, 6) is 1.02. The van der Waals surface area contributed by atoms with Crippen LogP contribution in [-0.4, -0.2) is 59.7 Å². The Morgan fingerprint density at radius 1 is 0.903 bits per heavy atom. The number of carbonyl (C=O) groups is 1. The number of carbonyl (C=O) groups excluding carboxylic acids is 1. The van der Waals surface area contributed by atoms with Gasteiger partial charge in [0.15, 0.2) is 11.5 Å². The summed E-state index contributed by atoms with van der Waals surface area (Å²) in [4.78, 5) is 14.4. The predicted molar refractivity (Wildman–Crippen MR) is 120 cm³/mol. The van der Waals surface area contributed by atoms with Crippen LogP contribution in [0.2, 0.25) is 0 Å². The fourth-order valence-electron chi connectivity index (χ4n) is 3.09. The number of anilines is 1. The van der Waals surface area contributed by atoms with Gasteiger partial charge in [-0.15, -0.1) is 0 Å². The van der Waals surface area contributed by atoms with Crippen molar-refractivity contribution in [2.45, 2.75) is 25.7 Å². The highest BCUT2D eigenvalue weighted by atomic mass is 32.2. The zero-order valence-electron chi connectivity index (χ0n) is 18.6. The number of amides is 1. The summed E-state index contributed by atoms with van der Waals surface area (Å²) in [6.45, 7) is 6.72. The third-order valence-electron chi connectivity index (χ3n) is 4.77. The van der Waals surface area contributed by atoms with Crippen LogP contribution in [0, 0.1) is 0 Å². The second-order valence-electron chi connectivity index (χ2n) is 6.52. The molecule has 0 saturated carbocycles.